The van der Waals surface area contributed by atoms with Crippen LogP contribution < -0.4 is 5.32 Å². The number of hydrogen-bond donors (Lipinski definition) is 2. The zero-order chi connectivity index (χ0) is 12.3. The second kappa shape index (κ2) is 9.50. The van der Waals surface area contributed by atoms with Crippen molar-refractivity contribution < 1.29 is 9.90 Å². The molecule has 0 aliphatic rings. The molecule has 0 aliphatic heterocycles. The quantitative estimate of drug-likeness (QED) is 0.679. The largest absolute Gasteiger partial charge is 0.396 e. The van der Waals surface area contributed by atoms with Crippen molar-refractivity contribution in [2.24, 2.45) is 0 Å². The van der Waals surface area contributed by atoms with Crippen LogP contribution in [0.5, 0.6) is 0 Å². The van der Waals surface area contributed by atoms with Crippen LogP contribution in [0, 0.1) is 0 Å². The zero-order valence-corrected chi connectivity index (χ0v) is 11.5. The van der Waals surface area contributed by atoms with Crippen molar-refractivity contribution >= 4 is 29.0 Å². The molecule has 0 bridgehead atoms. The van der Waals surface area contributed by atoms with Crippen molar-refractivity contribution in [2.75, 3.05) is 18.9 Å². The summed E-state index contributed by atoms with van der Waals surface area (Å²) < 4.78 is 0. The number of carbonyl (C=O) groups excluding carboxylic acids is 1. The summed E-state index contributed by atoms with van der Waals surface area (Å²) in [4.78, 5) is 12.7. The van der Waals surface area contributed by atoms with E-state index < -0.39 is 0 Å². The molecule has 0 spiro atoms. The molecule has 0 atom stereocenters. The number of thioether (sulfide) groups is 1. The van der Waals surface area contributed by atoms with Gasteiger partial charge in [0.1, 0.15) is 0 Å². The Bertz CT molecular complexity index is 301. The molecule has 0 saturated carbocycles. The number of aliphatic hydroxyl groups is 1. The molecule has 0 saturated heterocycles. The molecule has 3 nitrogen and oxygen atoms in total. The molecule has 0 radical (unpaired) electrons. The Labute approximate surface area is 111 Å². The molecule has 1 aromatic heterocycles. The molecule has 1 amide bonds. The predicted molar refractivity (Wildman–Crippen MR) is 74.4 cm³/mol. The van der Waals surface area contributed by atoms with Gasteiger partial charge in [0.05, 0.1) is 5.75 Å². The Morgan fingerprint density at radius 2 is 2.29 bits per heavy atom. The highest BCUT2D eigenvalue weighted by Crippen LogP contribution is 2.16. The molecule has 1 rings (SSSR count). The smallest absolute Gasteiger partial charge is 0.230 e. The van der Waals surface area contributed by atoms with E-state index in [2.05, 4.69) is 16.8 Å². The van der Waals surface area contributed by atoms with Crippen LogP contribution in [-0.4, -0.2) is 29.9 Å². The standard InChI is InChI=1S/C12H19NO2S2/c14-7-3-1-2-6-13-12(15)10-16-9-11-5-4-8-17-11/h4-5,8,14H,1-3,6-7,9-10H2,(H,13,15). The summed E-state index contributed by atoms with van der Waals surface area (Å²) in [6.07, 6.45) is 2.74. The maximum absolute atomic E-state index is 11.4. The van der Waals surface area contributed by atoms with Crippen molar-refractivity contribution in [1.29, 1.82) is 0 Å². The first-order valence-corrected chi connectivity index (χ1v) is 7.84. The van der Waals surface area contributed by atoms with Crippen LogP contribution in [0.3, 0.4) is 0 Å². The van der Waals surface area contributed by atoms with Gasteiger partial charge in [0.25, 0.3) is 0 Å². The number of thiophene rings is 1. The van der Waals surface area contributed by atoms with Gasteiger partial charge in [-0.15, -0.1) is 23.1 Å². The van der Waals surface area contributed by atoms with Crippen LogP contribution in [0.15, 0.2) is 17.5 Å². The molecule has 0 aromatic carbocycles. The Morgan fingerprint density at radius 1 is 1.41 bits per heavy atom. The lowest BCUT2D eigenvalue weighted by atomic mass is 10.2. The summed E-state index contributed by atoms with van der Waals surface area (Å²) in [7, 11) is 0. The summed E-state index contributed by atoms with van der Waals surface area (Å²) in [6.45, 7) is 0.961. The number of hydrogen-bond acceptors (Lipinski definition) is 4. The van der Waals surface area contributed by atoms with E-state index in [-0.39, 0.29) is 12.5 Å². The van der Waals surface area contributed by atoms with E-state index in [0.717, 1.165) is 31.6 Å². The topological polar surface area (TPSA) is 49.3 Å². The number of aliphatic hydroxyl groups excluding tert-OH is 1. The van der Waals surface area contributed by atoms with Gasteiger partial charge in [0, 0.05) is 23.8 Å². The molecule has 2 N–H and O–H groups in total. The second-order valence-corrected chi connectivity index (χ2v) is 5.72. The van der Waals surface area contributed by atoms with Gasteiger partial charge in [-0.2, -0.15) is 0 Å². The molecule has 1 heterocycles. The van der Waals surface area contributed by atoms with Crippen LogP contribution in [-0.2, 0) is 10.5 Å². The van der Waals surface area contributed by atoms with Gasteiger partial charge in [0.2, 0.25) is 5.91 Å². The molecule has 0 unspecified atom stereocenters. The van der Waals surface area contributed by atoms with Crippen LogP contribution in [0.1, 0.15) is 24.1 Å². The van der Waals surface area contributed by atoms with E-state index in [1.54, 1.807) is 23.1 Å². The first-order chi connectivity index (χ1) is 8.33. The van der Waals surface area contributed by atoms with E-state index in [9.17, 15) is 4.79 Å². The molecular formula is C12H19NO2S2. The number of carbonyl (C=O) groups is 1. The summed E-state index contributed by atoms with van der Waals surface area (Å²) in [5.74, 6) is 1.54. The Kier molecular flexibility index (Phi) is 8.13. The normalized spacial score (nSPS) is 10.4. The summed E-state index contributed by atoms with van der Waals surface area (Å²) >= 11 is 3.37. The molecule has 0 aliphatic carbocycles. The number of rotatable bonds is 9. The average Bonchev–Trinajstić information content (AvgIpc) is 2.82. The highest BCUT2D eigenvalue weighted by atomic mass is 32.2. The van der Waals surface area contributed by atoms with Crippen molar-refractivity contribution in [3.8, 4) is 0 Å². The minimum Gasteiger partial charge on any atom is -0.396 e. The van der Waals surface area contributed by atoms with Crippen LogP contribution in [0.4, 0.5) is 0 Å². The third kappa shape index (κ3) is 7.41. The molecule has 5 heteroatoms. The molecular weight excluding hydrogens is 254 g/mol. The van der Waals surface area contributed by atoms with E-state index in [1.807, 2.05) is 6.07 Å². The first-order valence-electron chi connectivity index (χ1n) is 5.80. The van der Waals surface area contributed by atoms with E-state index in [4.69, 9.17) is 5.11 Å². The second-order valence-electron chi connectivity index (χ2n) is 3.71. The third-order valence-corrected chi connectivity index (χ3v) is 4.26. The maximum Gasteiger partial charge on any atom is 0.230 e. The SMILES string of the molecule is O=C(CSCc1cccs1)NCCCCCO. The fraction of sp³-hybridized carbons (Fsp3) is 0.583. The molecule has 0 fully saturated rings. The van der Waals surface area contributed by atoms with Gasteiger partial charge < -0.3 is 10.4 Å². The van der Waals surface area contributed by atoms with Gasteiger partial charge in [0.15, 0.2) is 0 Å². The Balaban J connectivity index is 1.94. The van der Waals surface area contributed by atoms with Crippen molar-refractivity contribution in [1.82, 2.24) is 5.32 Å². The van der Waals surface area contributed by atoms with Gasteiger partial charge in [-0.3, -0.25) is 4.79 Å². The minimum absolute atomic E-state index is 0.107. The van der Waals surface area contributed by atoms with Crippen LogP contribution >= 0.6 is 23.1 Å². The fourth-order valence-corrected chi connectivity index (χ4v) is 3.03. The van der Waals surface area contributed by atoms with Gasteiger partial charge in [-0.05, 0) is 30.7 Å². The summed E-state index contributed by atoms with van der Waals surface area (Å²) in [5, 5.41) is 13.5. The van der Waals surface area contributed by atoms with E-state index >= 15 is 0 Å². The third-order valence-electron chi connectivity index (χ3n) is 2.21. The molecule has 96 valence electrons. The van der Waals surface area contributed by atoms with E-state index in [0.29, 0.717) is 5.75 Å². The van der Waals surface area contributed by atoms with Crippen LogP contribution in [0.25, 0.3) is 0 Å². The highest BCUT2D eigenvalue weighted by molar-refractivity contribution is 7.99. The zero-order valence-electron chi connectivity index (χ0n) is 9.85. The molecule has 1 aromatic rings. The van der Waals surface area contributed by atoms with Crippen molar-refractivity contribution in [3.63, 3.8) is 0 Å². The highest BCUT2D eigenvalue weighted by Gasteiger charge is 2.01. The van der Waals surface area contributed by atoms with Crippen LogP contribution in [0.2, 0.25) is 0 Å². The predicted octanol–water partition coefficient (Wildman–Crippen LogP) is 2.26. The monoisotopic (exact) mass is 273 g/mol. The van der Waals surface area contributed by atoms with Crippen molar-refractivity contribution in [3.05, 3.63) is 22.4 Å². The minimum atomic E-state index is 0.107. The molecule has 17 heavy (non-hydrogen) atoms. The van der Waals surface area contributed by atoms with Gasteiger partial charge >= 0.3 is 0 Å². The van der Waals surface area contributed by atoms with Crippen molar-refractivity contribution in [2.45, 2.75) is 25.0 Å². The lowest BCUT2D eigenvalue weighted by molar-refractivity contribution is -0.118. The summed E-state index contributed by atoms with van der Waals surface area (Å²) in [6, 6.07) is 4.12. The van der Waals surface area contributed by atoms with Gasteiger partial charge in [-0.25, -0.2) is 0 Å². The number of nitrogens with one attached hydrogen (secondary N) is 1. The van der Waals surface area contributed by atoms with Gasteiger partial charge in [-0.1, -0.05) is 6.07 Å². The lowest BCUT2D eigenvalue weighted by Gasteiger charge is -2.04. The Morgan fingerprint density at radius 3 is 3.00 bits per heavy atom. The average molecular weight is 273 g/mol. The summed E-state index contributed by atoms with van der Waals surface area (Å²) in [5.41, 5.74) is 0. The van der Waals surface area contributed by atoms with E-state index in [1.165, 1.54) is 4.88 Å². The lowest BCUT2D eigenvalue weighted by Crippen LogP contribution is -2.26. The first kappa shape index (κ1) is 14.5. The fourth-order valence-electron chi connectivity index (χ4n) is 1.33. The number of unbranched alkanes of at least 4 members (excludes halogenated alkanes) is 2. The maximum atomic E-state index is 11.4. The number of amides is 1. The Hall–Kier alpha value is -0.520.